The number of rotatable bonds is 3. The standard InChI is InChI=1S/C18H27ClN4O/c1-15(21-8-4-2-3-5-9-21)18(24)23-12-10-22(11-13-23)17-7-6-16(19)14-20-17/h6-7,14-15H,2-5,8-13H2,1H3. The number of anilines is 1. The van der Waals surface area contributed by atoms with Crippen molar-refractivity contribution in [2.45, 2.75) is 38.6 Å². The van der Waals surface area contributed by atoms with Gasteiger partial charge in [-0.15, -0.1) is 0 Å². The van der Waals surface area contributed by atoms with E-state index >= 15 is 0 Å². The highest BCUT2D eigenvalue weighted by molar-refractivity contribution is 6.30. The van der Waals surface area contributed by atoms with Crippen molar-refractivity contribution < 1.29 is 4.79 Å². The summed E-state index contributed by atoms with van der Waals surface area (Å²) in [6, 6.07) is 3.81. The molecule has 6 heteroatoms. The Kier molecular flexibility index (Phi) is 5.95. The van der Waals surface area contributed by atoms with Gasteiger partial charge in [-0.3, -0.25) is 9.69 Å². The van der Waals surface area contributed by atoms with Crippen LogP contribution in [0.2, 0.25) is 5.02 Å². The molecular formula is C18H27ClN4O. The van der Waals surface area contributed by atoms with Crippen LogP contribution >= 0.6 is 11.6 Å². The zero-order valence-electron chi connectivity index (χ0n) is 14.5. The van der Waals surface area contributed by atoms with Crippen LogP contribution < -0.4 is 4.90 Å². The van der Waals surface area contributed by atoms with E-state index in [4.69, 9.17) is 11.6 Å². The molecule has 1 atom stereocenters. The highest BCUT2D eigenvalue weighted by atomic mass is 35.5. The smallest absolute Gasteiger partial charge is 0.239 e. The maximum Gasteiger partial charge on any atom is 0.239 e. The van der Waals surface area contributed by atoms with Crippen molar-refractivity contribution in [3.05, 3.63) is 23.4 Å². The topological polar surface area (TPSA) is 39.7 Å². The van der Waals surface area contributed by atoms with Crippen LogP contribution in [0.25, 0.3) is 0 Å². The van der Waals surface area contributed by atoms with Gasteiger partial charge in [0.05, 0.1) is 11.1 Å². The third-order valence-corrected chi connectivity index (χ3v) is 5.40. The van der Waals surface area contributed by atoms with Crippen LogP contribution in [0.5, 0.6) is 0 Å². The van der Waals surface area contributed by atoms with Crippen molar-refractivity contribution >= 4 is 23.3 Å². The zero-order valence-corrected chi connectivity index (χ0v) is 15.2. The molecule has 1 aromatic heterocycles. The summed E-state index contributed by atoms with van der Waals surface area (Å²) in [5, 5.41) is 0.652. The number of nitrogens with zero attached hydrogens (tertiary/aromatic N) is 4. The second-order valence-corrected chi connectivity index (χ2v) is 7.21. The lowest BCUT2D eigenvalue weighted by molar-refractivity contribution is -0.136. The van der Waals surface area contributed by atoms with Gasteiger partial charge in [-0.25, -0.2) is 4.98 Å². The van der Waals surface area contributed by atoms with Crippen molar-refractivity contribution in [2.24, 2.45) is 0 Å². The first-order chi connectivity index (χ1) is 11.6. The van der Waals surface area contributed by atoms with Crippen molar-refractivity contribution in [3.63, 3.8) is 0 Å². The molecule has 24 heavy (non-hydrogen) atoms. The Morgan fingerprint density at radius 3 is 2.29 bits per heavy atom. The first-order valence-electron chi connectivity index (χ1n) is 9.04. The second kappa shape index (κ2) is 8.17. The van der Waals surface area contributed by atoms with Crippen LogP contribution in [0.15, 0.2) is 18.3 Å². The molecule has 3 heterocycles. The van der Waals surface area contributed by atoms with Gasteiger partial charge in [-0.05, 0) is 45.0 Å². The number of aromatic nitrogens is 1. The maximum absolute atomic E-state index is 12.8. The predicted octanol–water partition coefficient (Wildman–Crippen LogP) is 2.65. The highest BCUT2D eigenvalue weighted by Gasteiger charge is 2.29. The van der Waals surface area contributed by atoms with Crippen LogP contribution in [0.1, 0.15) is 32.6 Å². The van der Waals surface area contributed by atoms with E-state index < -0.39 is 0 Å². The molecule has 2 aliphatic rings. The van der Waals surface area contributed by atoms with Gasteiger partial charge < -0.3 is 9.80 Å². The van der Waals surface area contributed by atoms with E-state index in [0.717, 1.165) is 45.1 Å². The monoisotopic (exact) mass is 350 g/mol. The fourth-order valence-corrected chi connectivity index (χ4v) is 3.73. The van der Waals surface area contributed by atoms with Crippen LogP contribution in [0.4, 0.5) is 5.82 Å². The van der Waals surface area contributed by atoms with E-state index in [9.17, 15) is 4.79 Å². The number of likely N-dealkylation sites (tertiary alicyclic amines) is 1. The second-order valence-electron chi connectivity index (χ2n) is 6.77. The lowest BCUT2D eigenvalue weighted by Crippen LogP contribution is -2.54. The number of carbonyl (C=O) groups is 1. The van der Waals surface area contributed by atoms with Crippen molar-refractivity contribution in [3.8, 4) is 0 Å². The molecule has 1 aromatic rings. The quantitative estimate of drug-likeness (QED) is 0.840. The van der Waals surface area contributed by atoms with Crippen LogP contribution in [0.3, 0.4) is 0 Å². The van der Waals surface area contributed by atoms with Crippen LogP contribution in [-0.2, 0) is 4.79 Å². The Bertz CT molecular complexity index is 534. The SMILES string of the molecule is CC(C(=O)N1CCN(c2ccc(Cl)cn2)CC1)N1CCCCCC1. The van der Waals surface area contributed by atoms with E-state index in [0.29, 0.717) is 5.02 Å². The number of hydrogen-bond donors (Lipinski definition) is 0. The van der Waals surface area contributed by atoms with Gasteiger partial charge >= 0.3 is 0 Å². The first kappa shape index (κ1) is 17.5. The molecule has 2 saturated heterocycles. The third kappa shape index (κ3) is 4.19. The molecule has 0 spiro atoms. The van der Waals surface area contributed by atoms with Crippen molar-refractivity contribution in [1.29, 1.82) is 0 Å². The minimum atomic E-state index is 0.00306. The van der Waals surface area contributed by atoms with Gasteiger partial charge in [0.15, 0.2) is 0 Å². The average Bonchev–Trinajstić information content (AvgIpc) is 2.91. The first-order valence-corrected chi connectivity index (χ1v) is 9.42. The van der Waals surface area contributed by atoms with Gasteiger partial charge in [0, 0.05) is 32.4 Å². The van der Waals surface area contributed by atoms with E-state index in [2.05, 4.69) is 21.7 Å². The molecule has 3 rings (SSSR count). The Hall–Kier alpha value is -1.33. The average molecular weight is 351 g/mol. The molecule has 0 saturated carbocycles. The van der Waals surface area contributed by atoms with E-state index in [-0.39, 0.29) is 11.9 Å². The summed E-state index contributed by atoms with van der Waals surface area (Å²) in [5.41, 5.74) is 0. The minimum Gasteiger partial charge on any atom is -0.353 e. The van der Waals surface area contributed by atoms with Crippen LogP contribution in [0, 0.1) is 0 Å². The predicted molar refractivity (Wildman–Crippen MR) is 97.5 cm³/mol. The summed E-state index contributed by atoms with van der Waals surface area (Å²) in [6.07, 6.45) is 6.70. The summed E-state index contributed by atoms with van der Waals surface area (Å²) in [6.45, 7) is 7.37. The van der Waals surface area contributed by atoms with E-state index in [1.807, 2.05) is 17.0 Å². The molecule has 1 amide bonds. The molecule has 132 valence electrons. The summed E-state index contributed by atoms with van der Waals surface area (Å²) in [5.74, 6) is 1.22. The Morgan fingerprint density at radius 2 is 1.71 bits per heavy atom. The minimum absolute atomic E-state index is 0.00306. The molecule has 0 aromatic carbocycles. The lowest BCUT2D eigenvalue weighted by Gasteiger charge is -2.38. The van der Waals surface area contributed by atoms with Crippen LogP contribution in [-0.4, -0.2) is 66.0 Å². The molecule has 5 nitrogen and oxygen atoms in total. The number of pyridine rings is 1. The fourth-order valence-electron chi connectivity index (χ4n) is 3.61. The molecular weight excluding hydrogens is 324 g/mol. The summed E-state index contributed by atoms with van der Waals surface area (Å²) < 4.78 is 0. The summed E-state index contributed by atoms with van der Waals surface area (Å²) in [4.78, 5) is 23.8. The van der Waals surface area contributed by atoms with Gasteiger partial charge in [-0.1, -0.05) is 24.4 Å². The molecule has 2 fully saturated rings. The van der Waals surface area contributed by atoms with Crippen molar-refractivity contribution in [2.75, 3.05) is 44.2 Å². The Balaban J connectivity index is 1.53. The van der Waals surface area contributed by atoms with E-state index in [1.165, 1.54) is 25.7 Å². The number of piperazine rings is 1. The molecule has 0 bridgehead atoms. The third-order valence-electron chi connectivity index (χ3n) is 5.17. The maximum atomic E-state index is 12.8. The number of halogens is 1. The number of amides is 1. The summed E-state index contributed by atoms with van der Waals surface area (Å²) in [7, 11) is 0. The normalized spacial score (nSPS) is 21.4. The molecule has 0 radical (unpaired) electrons. The van der Waals surface area contributed by atoms with Gasteiger partial charge in [0.25, 0.3) is 0 Å². The molecule has 1 unspecified atom stereocenters. The number of carbonyl (C=O) groups excluding carboxylic acids is 1. The Labute approximate surface area is 149 Å². The largest absolute Gasteiger partial charge is 0.353 e. The number of hydrogen-bond acceptors (Lipinski definition) is 4. The fraction of sp³-hybridized carbons (Fsp3) is 0.667. The molecule has 0 aliphatic carbocycles. The van der Waals surface area contributed by atoms with Gasteiger partial charge in [0.2, 0.25) is 5.91 Å². The zero-order chi connectivity index (χ0) is 16.9. The molecule has 2 aliphatic heterocycles. The molecule has 0 N–H and O–H groups in total. The summed E-state index contributed by atoms with van der Waals surface area (Å²) >= 11 is 5.90. The Morgan fingerprint density at radius 1 is 1.04 bits per heavy atom. The van der Waals surface area contributed by atoms with Gasteiger partial charge in [-0.2, -0.15) is 0 Å². The van der Waals surface area contributed by atoms with Crippen molar-refractivity contribution in [1.82, 2.24) is 14.8 Å². The van der Waals surface area contributed by atoms with Gasteiger partial charge in [0.1, 0.15) is 5.82 Å². The van der Waals surface area contributed by atoms with E-state index in [1.54, 1.807) is 6.20 Å². The lowest BCUT2D eigenvalue weighted by atomic mass is 10.2. The highest BCUT2D eigenvalue weighted by Crippen LogP contribution is 2.18.